The number of hydrogen-bond acceptors (Lipinski definition) is 5. The number of nitrogens with zero attached hydrogens (tertiary/aromatic N) is 4. The van der Waals surface area contributed by atoms with Gasteiger partial charge in [-0.1, -0.05) is 12.8 Å². The van der Waals surface area contributed by atoms with Crippen LogP contribution in [0.4, 0.5) is 0 Å². The maximum absolute atomic E-state index is 12.1. The summed E-state index contributed by atoms with van der Waals surface area (Å²) in [6.07, 6.45) is 4.01. The van der Waals surface area contributed by atoms with Crippen molar-refractivity contribution >= 4 is 11.6 Å². The lowest BCUT2D eigenvalue weighted by Crippen LogP contribution is -2.35. The van der Waals surface area contributed by atoms with Crippen LogP contribution in [0.5, 0.6) is 0 Å². The fourth-order valence-electron chi connectivity index (χ4n) is 2.22. The molecular weight excluding hydrogens is 254 g/mol. The van der Waals surface area contributed by atoms with E-state index in [1.165, 1.54) is 0 Å². The molecule has 0 aromatic rings. The summed E-state index contributed by atoms with van der Waals surface area (Å²) in [5.74, 6) is -2.41. The summed E-state index contributed by atoms with van der Waals surface area (Å²) in [7, 11) is 0. The number of nitrogens with one attached hydrogen (secondary N) is 1. The third kappa shape index (κ3) is 4.07. The van der Waals surface area contributed by atoms with E-state index < -0.39 is 11.8 Å². The molecule has 0 spiro atoms. The zero-order valence-electron chi connectivity index (χ0n) is 11.3. The van der Waals surface area contributed by atoms with E-state index in [2.05, 4.69) is 0 Å². The van der Waals surface area contributed by atoms with Crippen molar-refractivity contribution in [2.75, 3.05) is 13.1 Å². The van der Waals surface area contributed by atoms with Gasteiger partial charge in [0, 0.05) is 19.5 Å². The van der Waals surface area contributed by atoms with Gasteiger partial charge in [0.1, 0.15) is 0 Å². The minimum atomic E-state index is -1.25. The molecule has 1 fully saturated rings. The van der Waals surface area contributed by atoms with Gasteiger partial charge in [0.15, 0.2) is 5.92 Å². The summed E-state index contributed by atoms with van der Waals surface area (Å²) in [5.41, 5.74) is -0.277. The van der Waals surface area contributed by atoms with Crippen LogP contribution >= 0.6 is 0 Å². The van der Waals surface area contributed by atoms with Crippen molar-refractivity contribution in [3.05, 3.63) is 0 Å². The molecular formula is C14H17N5O. The van der Waals surface area contributed by atoms with Gasteiger partial charge in [-0.25, -0.2) is 0 Å². The van der Waals surface area contributed by atoms with Gasteiger partial charge < -0.3 is 10.3 Å². The fourth-order valence-corrected chi connectivity index (χ4v) is 2.22. The van der Waals surface area contributed by atoms with Crippen LogP contribution in [0.15, 0.2) is 0 Å². The molecule has 1 rings (SSSR count). The third-order valence-electron chi connectivity index (χ3n) is 3.44. The molecule has 1 amide bonds. The van der Waals surface area contributed by atoms with E-state index in [0.717, 1.165) is 25.7 Å². The number of likely N-dealkylation sites (tertiary alicyclic amines) is 1. The highest BCUT2D eigenvalue weighted by Gasteiger charge is 2.27. The quantitative estimate of drug-likeness (QED) is 0.781. The van der Waals surface area contributed by atoms with Gasteiger partial charge in [-0.05, 0) is 12.8 Å². The van der Waals surface area contributed by atoms with Crippen LogP contribution in [0, 0.1) is 51.2 Å². The van der Waals surface area contributed by atoms with Crippen LogP contribution in [0.25, 0.3) is 0 Å². The van der Waals surface area contributed by atoms with Crippen molar-refractivity contribution in [1.29, 1.82) is 21.2 Å². The molecule has 1 atom stereocenters. The van der Waals surface area contributed by atoms with Crippen LogP contribution < -0.4 is 0 Å². The van der Waals surface area contributed by atoms with Crippen molar-refractivity contribution in [2.24, 2.45) is 11.8 Å². The zero-order valence-corrected chi connectivity index (χ0v) is 11.3. The maximum atomic E-state index is 12.1. The van der Waals surface area contributed by atoms with Crippen molar-refractivity contribution in [3.63, 3.8) is 0 Å². The molecule has 0 saturated carbocycles. The SMILES string of the molecule is N#CC(C#N)C(=N)C(C#N)CC(=O)N1CCCCCC1. The first-order valence-electron chi connectivity index (χ1n) is 6.69. The predicted octanol–water partition coefficient (Wildman–Crippen LogP) is 1.60. The van der Waals surface area contributed by atoms with Crippen LogP contribution in [0.3, 0.4) is 0 Å². The second-order valence-corrected chi connectivity index (χ2v) is 4.83. The summed E-state index contributed by atoms with van der Waals surface area (Å²) in [4.78, 5) is 13.9. The minimum absolute atomic E-state index is 0.116. The molecule has 104 valence electrons. The normalized spacial score (nSPS) is 16.4. The van der Waals surface area contributed by atoms with Gasteiger partial charge in [-0.2, -0.15) is 15.8 Å². The summed E-state index contributed by atoms with van der Waals surface area (Å²) in [5, 5.41) is 34.3. The molecule has 1 unspecified atom stereocenters. The third-order valence-corrected chi connectivity index (χ3v) is 3.44. The van der Waals surface area contributed by atoms with E-state index in [0.29, 0.717) is 13.1 Å². The molecule has 1 saturated heterocycles. The lowest BCUT2D eigenvalue weighted by atomic mass is 9.91. The number of hydrogen-bond donors (Lipinski definition) is 1. The first-order valence-corrected chi connectivity index (χ1v) is 6.69. The Labute approximate surface area is 118 Å². The zero-order chi connectivity index (χ0) is 15.0. The Morgan fingerprint density at radius 3 is 2.05 bits per heavy atom. The van der Waals surface area contributed by atoms with Crippen LogP contribution in [-0.2, 0) is 4.79 Å². The summed E-state index contributed by atoms with van der Waals surface area (Å²) < 4.78 is 0. The molecule has 0 bridgehead atoms. The molecule has 6 heteroatoms. The number of carbonyl (C=O) groups excluding carboxylic acids is 1. The van der Waals surface area contributed by atoms with E-state index >= 15 is 0 Å². The molecule has 0 aromatic heterocycles. The average molecular weight is 271 g/mol. The van der Waals surface area contributed by atoms with Crippen LogP contribution in [0.2, 0.25) is 0 Å². The van der Waals surface area contributed by atoms with Gasteiger partial charge in [0.25, 0.3) is 0 Å². The standard InChI is InChI=1S/C14H17N5O/c15-8-11(14(18)12(9-16)10-17)7-13(20)19-5-3-1-2-4-6-19/h11-12,18H,1-7H2. The molecule has 1 heterocycles. The molecule has 0 aliphatic carbocycles. The first kappa shape index (κ1) is 15.7. The topological polar surface area (TPSA) is 116 Å². The number of nitriles is 3. The smallest absolute Gasteiger partial charge is 0.224 e. The van der Waals surface area contributed by atoms with Gasteiger partial charge in [0.2, 0.25) is 5.91 Å². The largest absolute Gasteiger partial charge is 0.343 e. The van der Waals surface area contributed by atoms with Gasteiger partial charge in [0.05, 0.1) is 29.8 Å². The van der Waals surface area contributed by atoms with Crippen molar-refractivity contribution in [1.82, 2.24) is 4.90 Å². The predicted molar refractivity (Wildman–Crippen MR) is 71.2 cm³/mol. The Morgan fingerprint density at radius 2 is 1.60 bits per heavy atom. The molecule has 6 nitrogen and oxygen atoms in total. The van der Waals surface area contributed by atoms with Crippen molar-refractivity contribution in [2.45, 2.75) is 32.1 Å². The number of amides is 1. The van der Waals surface area contributed by atoms with Crippen LogP contribution in [-0.4, -0.2) is 29.6 Å². The molecule has 20 heavy (non-hydrogen) atoms. The van der Waals surface area contributed by atoms with Crippen molar-refractivity contribution in [3.8, 4) is 18.2 Å². The lowest BCUT2D eigenvalue weighted by molar-refractivity contribution is -0.131. The second kappa shape index (κ2) is 7.92. The summed E-state index contributed by atoms with van der Waals surface area (Å²) in [6.45, 7) is 1.37. The van der Waals surface area contributed by atoms with Gasteiger partial charge in [-0.15, -0.1) is 0 Å². The first-order chi connectivity index (χ1) is 9.63. The monoisotopic (exact) mass is 271 g/mol. The summed E-state index contributed by atoms with van der Waals surface area (Å²) in [6, 6.07) is 5.20. The Bertz CT molecular complexity index is 471. The molecule has 0 radical (unpaired) electrons. The maximum Gasteiger partial charge on any atom is 0.224 e. The molecule has 1 aliphatic heterocycles. The Morgan fingerprint density at radius 1 is 1.05 bits per heavy atom. The highest BCUT2D eigenvalue weighted by atomic mass is 16.2. The number of rotatable bonds is 4. The Hall–Kier alpha value is -2.39. The van der Waals surface area contributed by atoms with E-state index in [1.54, 1.807) is 17.0 Å². The van der Waals surface area contributed by atoms with Crippen LogP contribution in [0.1, 0.15) is 32.1 Å². The number of carbonyl (C=O) groups is 1. The minimum Gasteiger partial charge on any atom is -0.343 e. The second-order valence-electron chi connectivity index (χ2n) is 4.83. The van der Waals surface area contributed by atoms with E-state index in [1.807, 2.05) is 6.07 Å². The highest BCUT2D eigenvalue weighted by molar-refractivity contribution is 5.95. The van der Waals surface area contributed by atoms with E-state index in [9.17, 15) is 4.79 Å². The molecule has 0 aromatic carbocycles. The lowest BCUT2D eigenvalue weighted by Gasteiger charge is -2.21. The molecule has 1 N–H and O–H groups in total. The Balaban J connectivity index is 2.67. The summed E-state index contributed by atoms with van der Waals surface area (Å²) >= 11 is 0. The molecule has 1 aliphatic rings. The van der Waals surface area contributed by atoms with E-state index in [4.69, 9.17) is 21.2 Å². The van der Waals surface area contributed by atoms with E-state index in [-0.39, 0.29) is 18.0 Å². The van der Waals surface area contributed by atoms with Gasteiger partial charge >= 0.3 is 0 Å². The highest BCUT2D eigenvalue weighted by Crippen LogP contribution is 2.16. The fraction of sp³-hybridized carbons (Fsp3) is 0.643. The average Bonchev–Trinajstić information content (AvgIpc) is 2.74. The van der Waals surface area contributed by atoms with Gasteiger partial charge in [-0.3, -0.25) is 4.79 Å². The van der Waals surface area contributed by atoms with Crippen molar-refractivity contribution < 1.29 is 4.79 Å². The Kier molecular flexibility index (Phi) is 6.20.